The van der Waals surface area contributed by atoms with E-state index in [4.69, 9.17) is 22.3 Å². The van der Waals surface area contributed by atoms with E-state index in [1.54, 1.807) is 23.5 Å². The van der Waals surface area contributed by atoms with Crippen molar-refractivity contribution in [1.29, 1.82) is 0 Å². The van der Waals surface area contributed by atoms with Gasteiger partial charge in [-0.3, -0.25) is 14.4 Å². The van der Waals surface area contributed by atoms with Crippen molar-refractivity contribution >= 4 is 40.5 Å². The molecule has 11 heteroatoms. The van der Waals surface area contributed by atoms with Crippen LogP contribution in [0.3, 0.4) is 0 Å². The number of carboxylic acid groups (broad SMARTS) is 1. The number of hydrogen-bond donors (Lipinski definition) is 3. The summed E-state index contributed by atoms with van der Waals surface area (Å²) in [5.74, 6) is 5.14. The second-order valence-electron chi connectivity index (χ2n) is 8.66. The SMILES string of the molecule is Cc1sc2c(c1C)C(c1ccc(Cl)cc1)=N[C@@H](CC(=O)NC(CC#CCCN)C(=O)O)c1nnc(C)n1-2. The van der Waals surface area contributed by atoms with E-state index in [0.29, 0.717) is 29.6 Å². The summed E-state index contributed by atoms with van der Waals surface area (Å²) in [6.07, 6.45) is 0.334. The molecule has 4 N–H and O–H groups in total. The van der Waals surface area contributed by atoms with Crippen LogP contribution < -0.4 is 11.1 Å². The molecule has 1 amide bonds. The fourth-order valence-corrected chi connectivity index (χ4v) is 5.44. The fourth-order valence-electron chi connectivity index (χ4n) is 4.10. The van der Waals surface area contributed by atoms with E-state index in [-0.39, 0.29) is 12.8 Å². The van der Waals surface area contributed by atoms with Crippen molar-refractivity contribution < 1.29 is 14.7 Å². The quantitative estimate of drug-likeness (QED) is 0.394. The Bertz CT molecular complexity index is 1430. The van der Waals surface area contributed by atoms with Crippen molar-refractivity contribution in [3.05, 3.63) is 62.5 Å². The molecule has 0 spiro atoms. The van der Waals surface area contributed by atoms with Crippen molar-refractivity contribution in [2.45, 2.75) is 52.1 Å². The van der Waals surface area contributed by atoms with Crippen LogP contribution in [0.2, 0.25) is 5.02 Å². The first-order valence-electron chi connectivity index (χ1n) is 11.8. The van der Waals surface area contributed by atoms with E-state index in [1.807, 2.05) is 30.5 Å². The number of nitrogens with two attached hydrogens (primary N) is 1. The lowest BCUT2D eigenvalue weighted by Crippen LogP contribution is -2.41. The third-order valence-electron chi connectivity index (χ3n) is 6.07. The van der Waals surface area contributed by atoms with Crippen LogP contribution in [0.15, 0.2) is 29.3 Å². The van der Waals surface area contributed by atoms with Gasteiger partial charge in [-0.25, -0.2) is 4.79 Å². The van der Waals surface area contributed by atoms with Gasteiger partial charge >= 0.3 is 5.97 Å². The zero-order valence-electron chi connectivity index (χ0n) is 20.7. The number of halogens is 1. The molecular formula is C26H27ClN6O3S. The second kappa shape index (κ2) is 11.3. The topological polar surface area (TPSA) is 135 Å². The highest BCUT2D eigenvalue weighted by molar-refractivity contribution is 7.15. The average Bonchev–Trinajstić information content (AvgIpc) is 3.33. The predicted octanol–water partition coefficient (Wildman–Crippen LogP) is 3.50. The van der Waals surface area contributed by atoms with Crippen LogP contribution in [0.4, 0.5) is 0 Å². The maximum atomic E-state index is 13.1. The number of amides is 1. The summed E-state index contributed by atoms with van der Waals surface area (Å²) in [5.41, 5.74) is 9.04. The van der Waals surface area contributed by atoms with Gasteiger partial charge in [-0.1, -0.05) is 23.7 Å². The monoisotopic (exact) mass is 538 g/mol. The van der Waals surface area contributed by atoms with Gasteiger partial charge < -0.3 is 16.2 Å². The Morgan fingerprint density at radius 3 is 2.62 bits per heavy atom. The van der Waals surface area contributed by atoms with Crippen LogP contribution in [0.25, 0.3) is 5.00 Å². The van der Waals surface area contributed by atoms with Crippen LogP contribution in [-0.2, 0) is 9.59 Å². The Balaban J connectivity index is 1.74. The Morgan fingerprint density at radius 1 is 1.22 bits per heavy atom. The molecule has 2 atom stereocenters. The molecule has 0 saturated heterocycles. The largest absolute Gasteiger partial charge is 0.480 e. The lowest BCUT2D eigenvalue weighted by Gasteiger charge is -2.15. The summed E-state index contributed by atoms with van der Waals surface area (Å²) < 4.78 is 1.94. The lowest BCUT2D eigenvalue weighted by molar-refractivity contribution is -0.141. The minimum absolute atomic E-state index is 0.0178. The average molecular weight is 539 g/mol. The standard InChI is InChI=1S/C26H27ClN6O3S/c1-14-15(2)37-25-22(14)23(17-8-10-18(27)11-9-17)30-20(24-32-31-16(3)33(24)25)13-21(34)29-19(26(35)36)7-5-4-6-12-28/h8-11,19-20H,6-7,12-13,28H2,1-3H3,(H,29,34)(H,35,36)/t19?,20-/m0/s1. The van der Waals surface area contributed by atoms with Gasteiger partial charge in [0, 0.05) is 40.4 Å². The first-order valence-corrected chi connectivity index (χ1v) is 12.9. The number of carbonyl (C=O) groups is 2. The molecule has 0 radical (unpaired) electrons. The number of carboxylic acids is 1. The van der Waals surface area contributed by atoms with Gasteiger partial charge in [0.1, 0.15) is 22.9 Å². The first-order chi connectivity index (χ1) is 17.7. The molecule has 192 valence electrons. The summed E-state index contributed by atoms with van der Waals surface area (Å²) in [5, 5.41) is 22.3. The normalized spacial score (nSPS) is 14.9. The summed E-state index contributed by atoms with van der Waals surface area (Å²) in [6, 6.07) is 5.56. The third kappa shape index (κ3) is 5.59. The molecule has 1 unspecified atom stereocenters. The molecule has 0 fully saturated rings. The Labute approximate surface area is 223 Å². The number of carbonyl (C=O) groups excluding carboxylic acids is 1. The smallest absolute Gasteiger partial charge is 0.327 e. The third-order valence-corrected chi connectivity index (χ3v) is 7.51. The van der Waals surface area contributed by atoms with Crippen molar-refractivity contribution in [3.8, 4) is 16.8 Å². The number of fused-ring (bicyclic) bond motifs is 3. The van der Waals surface area contributed by atoms with Crippen LogP contribution in [0.1, 0.15) is 58.5 Å². The number of aromatic nitrogens is 3. The van der Waals surface area contributed by atoms with Gasteiger partial charge in [0.25, 0.3) is 0 Å². The molecule has 1 aliphatic rings. The number of aliphatic imine (C=N–C) groups is 1. The minimum atomic E-state index is -1.16. The second-order valence-corrected chi connectivity index (χ2v) is 10.3. The van der Waals surface area contributed by atoms with E-state index in [2.05, 4.69) is 34.3 Å². The van der Waals surface area contributed by atoms with E-state index < -0.39 is 24.0 Å². The predicted molar refractivity (Wildman–Crippen MR) is 144 cm³/mol. The molecule has 0 aliphatic carbocycles. The van der Waals surface area contributed by atoms with Gasteiger partial charge in [-0.05, 0) is 38.5 Å². The van der Waals surface area contributed by atoms with E-state index in [0.717, 1.165) is 32.3 Å². The molecule has 9 nitrogen and oxygen atoms in total. The number of rotatable bonds is 7. The molecule has 1 aliphatic heterocycles. The van der Waals surface area contributed by atoms with Crippen LogP contribution in [-0.4, -0.2) is 50.0 Å². The highest BCUT2D eigenvalue weighted by Gasteiger charge is 2.33. The summed E-state index contributed by atoms with van der Waals surface area (Å²) in [4.78, 5) is 31.0. The van der Waals surface area contributed by atoms with E-state index in [1.165, 1.54) is 0 Å². The van der Waals surface area contributed by atoms with Crippen LogP contribution in [0.5, 0.6) is 0 Å². The number of benzene rings is 1. The number of nitrogens with zero attached hydrogens (tertiary/aromatic N) is 4. The minimum Gasteiger partial charge on any atom is -0.480 e. The molecule has 1 aromatic carbocycles. The molecule has 0 saturated carbocycles. The molecule has 3 heterocycles. The molecule has 0 bridgehead atoms. The molecule has 4 rings (SSSR count). The van der Waals surface area contributed by atoms with Crippen molar-refractivity contribution in [3.63, 3.8) is 0 Å². The van der Waals surface area contributed by atoms with Crippen molar-refractivity contribution in [2.75, 3.05) is 6.54 Å². The van der Waals surface area contributed by atoms with Crippen LogP contribution in [0, 0.1) is 32.6 Å². The number of hydrogen-bond acceptors (Lipinski definition) is 7. The highest BCUT2D eigenvalue weighted by atomic mass is 35.5. The molecule has 37 heavy (non-hydrogen) atoms. The summed E-state index contributed by atoms with van der Waals surface area (Å²) >= 11 is 7.76. The van der Waals surface area contributed by atoms with Gasteiger partial charge in [-0.2, -0.15) is 0 Å². The maximum absolute atomic E-state index is 13.1. The van der Waals surface area contributed by atoms with Gasteiger partial charge in [0.2, 0.25) is 5.91 Å². The Morgan fingerprint density at radius 2 is 1.95 bits per heavy atom. The van der Waals surface area contributed by atoms with Crippen molar-refractivity contribution in [1.82, 2.24) is 20.1 Å². The number of aryl methyl sites for hydroxylation is 2. The molecule has 2 aromatic heterocycles. The highest BCUT2D eigenvalue weighted by Crippen LogP contribution is 2.39. The maximum Gasteiger partial charge on any atom is 0.327 e. The number of nitrogens with one attached hydrogen (secondary N) is 1. The van der Waals surface area contributed by atoms with Gasteiger partial charge in [0.15, 0.2) is 5.82 Å². The summed E-state index contributed by atoms with van der Waals surface area (Å²) in [7, 11) is 0. The Hall–Kier alpha value is -3.52. The molecular weight excluding hydrogens is 512 g/mol. The van der Waals surface area contributed by atoms with Gasteiger partial charge in [0.05, 0.1) is 12.1 Å². The molecule has 3 aromatic rings. The first kappa shape index (κ1) is 26.5. The van der Waals surface area contributed by atoms with Crippen molar-refractivity contribution in [2.24, 2.45) is 10.7 Å². The zero-order valence-corrected chi connectivity index (χ0v) is 22.3. The van der Waals surface area contributed by atoms with E-state index in [9.17, 15) is 14.7 Å². The number of aliphatic carboxylic acids is 1. The van der Waals surface area contributed by atoms with E-state index >= 15 is 0 Å². The van der Waals surface area contributed by atoms with Crippen LogP contribution >= 0.6 is 22.9 Å². The Kier molecular flexibility index (Phi) is 8.07. The fraction of sp³-hybridized carbons (Fsp3) is 0.346. The summed E-state index contributed by atoms with van der Waals surface area (Å²) in [6.45, 7) is 6.35. The zero-order chi connectivity index (χ0) is 26.7. The van der Waals surface area contributed by atoms with Gasteiger partial charge in [-0.15, -0.1) is 33.4 Å². The lowest BCUT2D eigenvalue weighted by atomic mass is 9.99. The number of thiophene rings is 1.